The maximum absolute atomic E-state index is 10.1. The summed E-state index contributed by atoms with van der Waals surface area (Å²) in [5.74, 6) is 2.30. The van der Waals surface area contributed by atoms with Crippen molar-refractivity contribution in [1.82, 2.24) is 0 Å². The Kier molecular flexibility index (Phi) is 5.41. The third-order valence-electron chi connectivity index (χ3n) is 9.24. The Hall–Kier alpha value is 0.320. The van der Waals surface area contributed by atoms with Crippen molar-refractivity contribution in [3.05, 3.63) is 11.6 Å². The standard InChI is InChI=1S/C21H32O3.2H2S/c1-19-8-5-14(23)11-13(19)3-4-15-16(19)6-9-20(2)17(15)7-10-21(20)18(12-22)24-21;;/h3,14-18,22-23H,4-12H2,1-2H3;2*1H2/t14-,15?,16?,17?,18-,19-,20-,21+;;/m0../s1. The summed E-state index contributed by atoms with van der Waals surface area (Å²) in [6.45, 7) is 5.14. The van der Waals surface area contributed by atoms with Crippen LogP contribution in [0.2, 0.25) is 0 Å². The Balaban J connectivity index is 0.000000980. The lowest BCUT2D eigenvalue weighted by Gasteiger charge is -2.57. The van der Waals surface area contributed by atoms with E-state index in [9.17, 15) is 10.2 Å². The molecule has 0 aromatic carbocycles. The topological polar surface area (TPSA) is 53.0 Å². The van der Waals surface area contributed by atoms with Crippen molar-refractivity contribution in [2.75, 3.05) is 6.61 Å². The summed E-state index contributed by atoms with van der Waals surface area (Å²) in [7, 11) is 0. The largest absolute Gasteiger partial charge is 0.394 e. The summed E-state index contributed by atoms with van der Waals surface area (Å²) in [5, 5.41) is 19.7. The summed E-state index contributed by atoms with van der Waals surface area (Å²) >= 11 is 0. The number of aliphatic hydroxyl groups is 2. The van der Waals surface area contributed by atoms with Gasteiger partial charge in [-0.1, -0.05) is 25.5 Å². The molecule has 3 saturated carbocycles. The van der Waals surface area contributed by atoms with Gasteiger partial charge in [0.15, 0.2) is 0 Å². The average molecular weight is 401 g/mol. The van der Waals surface area contributed by atoms with E-state index in [4.69, 9.17) is 4.74 Å². The molecule has 0 bridgehead atoms. The van der Waals surface area contributed by atoms with E-state index >= 15 is 0 Å². The summed E-state index contributed by atoms with van der Waals surface area (Å²) in [6.07, 6.45) is 11.7. The van der Waals surface area contributed by atoms with Crippen LogP contribution in [-0.2, 0) is 4.74 Å². The molecule has 150 valence electrons. The van der Waals surface area contributed by atoms with Crippen molar-refractivity contribution >= 4 is 27.0 Å². The number of rotatable bonds is 1. The van der Waals surface area contributed by atoms with Gasteiger partial charge in [-0.15, -0.1) is 0 Å². The van der Waals surface area contributed by atoms with Gasteiger partial charge in [-0.05, 0) is 74.5 Å². The van der Waals surface area contributed by atoms with Gasteiger partial charge in [-0.25, -0.2) is 0 Å². The molecule has 26 heavy (non-hydrogen) atoms. The van der Waals surface area contributed by atoms with Crippen LogP contribution in [0.4, 0.5) is 0 Å². The first kappa shape index (κ1) is 21.0. The molecule has 0 aromatic rings. The quantitative estimate of drug-likeness (QED) is 0.522. The minimum absolute atomic E-state index is 0. The lowest BCUT2D eigenvalue weighted by molar-refractivity contribution is -0.0558. The Labute approximate surface area is 171 Å². The zero-order valence-electron chi connectivity index (χ0n) is 16.1. The fourth-order valence-electron chi connectivity index (χ4n) is 7.80. The molecule has 1 spiro atoms. The van der Waals surface area contributed by atoms with Crippen molar-refractivity contribution in [3.63, 3.8) is 0 Å². The van der Waals surface area contributed by atoms with E-state index in [1.165, 1.54) is 25.7 Å². The number of fused-ring (bicyclic) bond motifs is 6. The molecule has 1 aliphatic heterocycles. The second-order valence-corrected chi connectivity index (χ2v) is 9.83. The first-order chi connectivity index (χ1) is 11.4. The molecule has 8 atom stereocenters. The van der Waals surface area contributed by atoms with Gasteiger partial charge in [-0.3, -0.25) is 0 Å². The lowest BCUT2D eigenvalue weighted by Crippen LogP contribution is -2.52. The summed E-state index contributed by atoms with van der Waals surface area (Å²) in [4.78, 5) is 0. The van der Waals surface area contributed by atoms with Crippen molar-refractivity contribution < 1.29 is 14.9 Å². The molecule has 5 aliphatic rings. The molecule has 3 nitrogen and oxygen atoms in total. The SMILES string of the molecule is C[C@]12CC[C@H](O)CC1=CCC1C2CC[C@@]2(C)C1CC[C@]21O[C@H]1CO.S.S. The van der Waals surface area contributed by atoms with Crippen LogP contribution in [-0.4, -0.2) is 34.6 Å². The third-order valence-corrected chi connectivity index (χ3v) is 9.24. The Morgan fingerprint density at radius 2 is 1.81 bits per heavy atom. The van der Waals surface area contributed by atoms with Crippen LogP contribution in [0.25, 0.3) is 0 Å². The predicted molar refractivity (Wildman–Crippen MR) is 113 cm³/mol. The molecule has 1 heterocycles. The van der Waals surface area contributed by atoms with E-state index in [1.54, 1.807) is 5.57 Å². The van der Waals surface area contributed by atoms with Crippen LogP contribution in [0.15, 0.2) is 11.6 Å². The van der Waals surface area contributed by atoms with E-state index in [2.05, 4.69) is 19.9 Å². The fourth-order valence-corrected chi connectivity index (χ4v) is 7.80. The van der Waals surface area contributed by atoms with Crippen molar-refractivity contribution in [2.45, 2.75) is 83.0 Å². The van der Waals surface area contributed by atoms with Gasteiger partial charge in [0.05, 0.1) is 12.7 Å². The maximum atomic E-state index is 10.1. The minimum Gasteiger partial charge on any atom is -0.394 e. The lowest BCUT2D eigenvalue weighted by atomic mass is 9.47. The Morgan fingerprint density at radius 1 is 1.08 bits per heavy atom. The van der Waals surface area contributed by atoms with Gasteiger partial charge in [0, 0.05) is 5.41 Å². The highest BCUT2D eigenvalue weighted by molar-refractivity contribution is 7.59. The molecule has 4 fully saturated rings. The second-order valence-electron chi connectivity index (χ2n) is 9.83. The molecule has 3 unspecified atom stereocenters. The van der Waals surface area contributed by atoms with Crippen molar-refractivity contribution in [3.8, 4) is 0 Å². The maximum Gasteiger partial charge on any atom is 0.111 e. The summed E-state index contributed by atoms with van der Waals surface area (Å²) in [6, 6.07) is 0. The van der Waals surface area contributed by atoms with Crippen LogP contribution in [0.3, 0.4) is 0 Å². The fraction of sp³-hybridized carbons (Fsp3) is 0.905. The Bertz CT molecular complexity index is 596. The molecule has 0 radical (unpaired) electrons. The number of ether oxygens (including phenoxy) is 1. The zero-order chi connectivity index (χ0) is 16.7. The molecule has 5 rings (SSSR count). The smallest absolute Gasteiger partial charge is 0.111 e. The molecular weight excluding hydrogens is 364 g/mol. The van der Waals surface area contributed by atoms with Gasteiger partial charge in [0.2, 0.25) is 0 Å². The second kappa shape index (κ2) is 6.69. The highest BCUT2D eigenvalue weighted by Crippen LogP contribution is 2.72. The van der Waals surface area contributed by atoms with E-state index in [0.717, 1.165) is 43.4 Å². The molecule has 0 aromatic heterocycles. The van der Waals surface area contributed by atoms with Crippen LogP contribution >= 0.6 is 27.0 Å². The van der Waals surface area contributed by atoms with Gasteiger partial charge < -0.3 is 14.9 Å². The van der Waals surface area contributed by atoms with Gasteiger partial charge >= 0.3 is 0 Å². The Morgan fingerprint density at radius 3 is 2.50 bits per heavy atom. The normalized spacial score (nSPS) is 54.2. The number of aliphatic hydroxyl groups excluding tert-OH is 2. The summed E-state index contributed by atoms with van der Waals surface area (Å²) in [5.41, 5.74) is 2.12. The minimum atomic E-state index is -0.116. The van der Waals surface area contributed by atoms with Crippen LogP contribution in [0.5, 0.6) is 0 Å². The highest BCUT2D eigenvalue weighted by atomic mass is 32.1. The molecule has 0 amide bonds. The van der Waals surface area contributed by atoms with Crippen LogP contribution in [0, 0.1) is 28.6 Å². The van der Waals surface area contributed by atoms with Crippen LogP contribution < -0.4 is 0 Å². The molecular formula is C21H36O3S2. The number of epoxide rings is 1. The number of hydrogen-bond acceptors (Lipinski definition) is 3. The van der Waals surface area contributed by atoms with E-state index in [-0.39, 0.29) is 56.8 Å². The number of hydrogen-bond donors (Lipinski definition) is 2. The zero-order valence-corrected chi connectivity index (χ0v) is 18.1. The van der Waals surface area contributed by atoms with E-state index in [1.807, 2.05) is 0 Å². The van der Waals surface area contributed by atoms with Gasteiger partial charge in [0.1, 0.15) is 11.7 Å². The van der Waals surface area contributed by atoms with Gasteiger partial charge in [0.25, 0.3) is 0 Å². The predicted octanol–water partition coefficient (Wildman–Crippen LogP) is 3.67. The monoisotopic (exact) mass is 400 g/mol. The molecule has 5 heteroatoms. The summed E-state index contributed by atoms with van der Waals surface area (Å²) < 4.78 is 6.11. The van der Waals surface area contributed by atoms with E-state index < -0.39 is 0 Å². The first-order valence-corrected chi connectivity index (χ1v) is 10.1. The van der Waals surface area contributed by atoms with Gasteiger partial charge in [-0.2, -0.15) is 27.0 Å². The van der Waals surface area contributed by atoms with Crippen molar-refractivity contribution in [1.29, 1.82) is 0 Å². The first-order valence-electron chi connectivity index (χ1n) is 10.1. The van der Waals surface area contributed by atoms with Crippen molar-refractivity contribution in [2.24, 2.45) is 28.6 Å². The molecule has 4 aliphatic carbocycles. The average Bonchev–Trinajstić information content (AvgIpc) is 3.21. The highest BCUT2D eigenvalue weighted by Gasteiger charge is 2.74. The molecule has 1 saturated heterocycles. The van der Waals surface area contributed by atoms with E-state index in [0.29, 0.717) is 5.41 Å². The number of allylic oxidation sites excluding steroid dienone is 1. The molecule has 2 N–H and O–H groups in total. The van der Waals surface area contributed by atoms with Crippen LogP contribution in [0.1, 0.15) is 65.2 Å². The third kappa shape index (κ3) is 2.46.